The number of halogens is 3. The van der Waals surface area contributed by atoms with Gasteiger partial charge in [0.1, 0.15) is 24.2 Å². The van der Waals surface area contributed by atoms with E-state index in [-0.39, 0.29) is 10.7 Å². The first-order valence-corrected chi connectivity index (χ1v) is 9.59. The average Bonchev–Trinajstić information content (AvgIpc) is 2.68. The van der Waals surface area contributed by atoms with Crippen LogP contribution in [-0.4, -0.2) is 43.6 Å². The summed E-state index contributed by atoms with van der Waals surface area (Å²) in [7, 11) is 0. The Morgan fingerprint density at radius 2 is 1.89 bits per heavy atom. The van der Waals surface area contributed by atoms with Gasteiger partial charge in [0.25, 0.3) is 0 Å². The predicted octanol–water partition coefficient (Wildman–Crippen LogP) is 2.65. The molecule has 1 N–H and O–H groups in total. The summed E-state index contributed by atoms with van der Waals surface area (Å²) < 4.78 is 45.9. The Hall–Kier alpha value is -2.08. The first-order valence-electron chi connectivity index (χ1n) is 8.61. The number of aromatic nitrogens is 1. The van der Waals surface area contributed by atoms with Gasteiger partial charge >= 0.3 is 6.18 Å². The Labute approximate surface area is 160 Å². The number of morpholine rings is 1. The fourth-order valence-corrected chi connectivity index (χ4v) is 3.96. The molecule has 2 aromatic rings. The number of ether oxygens (including phenoxy) is 1. The lowest BCUT2D eigenvalue weighted by atomic mass is 10.1. The summed E-state index contributed by atoms with van der Waals surface area (Å²) in [6, 6.07) is 11.4. The van der Waals surface area contributed by atoms with E-state index in [1.54, 1.807) is 36.4 Å². The van der Waals surface area contributed by atoms with Crippen molar-refractivity contribution < 1.29 is 22.8 Å². The zero-order valence-corrected chi connectivity index (χ0v) is 15.4. The van der Waals surface area contributed by atoms with Gasteiger partial charge in [-0.15, -0.1) is 0 Å². The topological polar surface area (TPSA) is 50.3 Å². The predicted molar refractivity (Wildman–Crippen MR) is 96.5 cm³/mol. The highest BCUT2D eigenvalue weighted by Gasteiger charge is 2.36. The van der Waals surface area contributed by atoms with Crippen molar-refractivity contribution in [1.82, 2.24) is 4.98 Å². The van der Waals surface area contributed by atoms with Crippen LogP contribution in [0.1, 0.15) is 11.1 Å². The van der Waals surface area contributed by atoms with E-state index >= 15 is 0 Å². The second-order valence-corrected chi connectivity index (χ2v) is 7.26. The van der Waals surface area contributed by atoms with Gasteiger partial charge in [-0.1, -0.05) is 42.1 Å². The van der Waals surface area contributed by atoms with Crippen LogP contribution >= 0.6 is 11.8 Å². The van der Waals surface area contributed by atoms with Crippen molar-refractivity contribution in [2.45, 2.75) is 11.2 Å². The quantitative estimate of drug-likeness (QED) is 0.793. The normalized spacial score (nSPS) is 15.5. The molecule has 0 aliphatic carbocycles. The molecule has 1 saturated heterocycles. The van der Waals surface area contributed by atoms with E-state index in [2.05, 4.69) is 4.98 Å². The van der Waals surface area contributed by atoms with Crippen LogP contribution in [0.25, 0.3) is 11.3 Å². The van der Waals surface area contributed by atoms with E-state index in [9.17, 15) is 18.4 Å². The van der Waals surface area contributed by atoms with Gasteiger partial charge in [0, 0.05) is 11.3 Å². The van der Waals surface area contributed by atoms with Crippen molar-refractivity contribution in [2.75, 3.05) is 38.6 Å². The summed E-state index contributed by atoms with van der Waals surface area (Å²) >= 11 is 1.21. The maximum absolute atomic E-state index is 13.5. The summed E-state index contributed by atoms with van der Waals surface area (Å²) in [5.74, 6) is 0.590. The van der Waals surface area contributed by atoms with Crippen LogP contribution in [0.5, 0.6) is 0 Å². The van der Waals surface area contributed by atoms with Crippen molar-refractivity contribution in [3.05, 3.63) is 47.5 Å². The molecule has 0 spiro atoms. The second-order valence-electron chi connectivity index (χ2n) is 6.17. The number of hydrogen-bond acceptors (Lipinski definition) is 4. The fourth-order valence-electron chi connectivity index (χ4n) is 2.92. The highest BCUT2D eigenvalue weighted by Crippen LogP contribution is 2.37. The van der Waals surface area contributed by atoms with Gasteiger partial charge in [-0.3, -0.25) is 0 Å². The Kier molecular flexibility index (Phi) is 6.37. The Bertz CT molecular complexity index is 815. The lowest BCUT2D eigenvalue weighted by Crippen LogP contribution is -3.14. The maximum atomic E-state index is 13.5. The van der Waals surface area contributed by atoms with Crippen molar-refractivity contribution in [2.24, 2.45) is 0 Å². The van der Waals surface area contributed by atoms with E-state index in [0.717, 1.165) is 25.7 Å². The largest absolute Gasteiger partial charge is 0.417 e. The molecule has 0 unspecified atom stereocenters. The number of hydrogen-bond donors (Lipinski definition) is 1. The molecule has 2 heterocycles. The Morgan fingerprint density at radius 1 is 1.19 bits per heavy atom. The number of benzene rings is 1. The van der Waals surface area contributed by atoms with E-state index in [1.165, 1.54) is 16.7 Å². The molecule has 142 valence electrons. The molecule has 0 atom stereocenters. The van der Waals surface area contributed by atoms with Gasteiger partial charge in [-0.2, -0.15) is 18.4 Å². The third kappa shape index (κ3) is 5.01. The molecule has 1 aromatic heterocycles. The minimum Gasteiger partial charge on any atom is -0.370 e. The molecule has 27 heavy (non-hydrogen) atoms. The SMILES string of the molecule is N#Cc1c(C(F)(F)F)cc(-c2ccccc2)nc1SCC[NH+]1CCOCC1. The molecule has 0 bridgehead atoms. The van der Waals surface area contributed by atoms with Crippen LogP contribution in [0.15, 0.2) is 41.4 Å². The van der Waals surface area contributed by atoms with Crippen LogP contribution in [0.4, 0.5) is 13.2 Å². The lowest BCUT2D eigenvalue weighted by molar-refractivity contribution is -0.905. The molecule has 0 radical (unpaired) electrons. The molecule has 0 amide bonds. The van der Waals surface area contributed by atoms with Gasteiger partial charge in [0.15, 0.2) is 0 Å². The first-order chi connectivity index (χ1) is 13.0. The van der Waals surface area contributed by atoms with Crippen LogP contribution in [0, 0.1) is 11.3 Å². The van der Waals surface area contributed by atoms with Crippen molar-refractivity contribution in [3.8, 4) is 17.3 Å². The number of pyridine rings is 1. The second kappa shape index (κ2) is 8.74. The van der Waals surface area contributed by atoms with Crippen molar-refractivity contribution in [3.63, 3.8) is 0 Å². The highest BCUT2D eigenvalue weighted by atomic mass is 32.2. The molecule has 3 rings (SSSR count). The van der Waals surface area contributed by atoms with Crippen LogP contribution in [-0.2, 0) is 10.9 Å². The molecule has 1 aliphatic heterocycles. The average molecular weight is 394 g/mol. The molecule has 4 nitrogen and oxygen atoms in total. The zero-order valence-electron chi connectivity index (χ0n) is 14.6. The number of thioether (sulfide) groups is 1. The van der Waals surface area contributed by atoms with Gasteiger partial charge in [-0.25, -0.2) is 4.98 Å². The summed E-state index contributed by atoms with van der Waals surface area (Å²) in [5, 5.41) is 9.48. The number of quaternary nitrogens is 1. The summed E-state index contributed by atoms with van der Waals surface area (Å²) in [4.78, 5) is 5.73. The van der Waals surface area contributed by atoms with Gasteiger partial charge < -0.3 is 9.64 Å². The Balaban J connectivity index is 1.89. The molecule has 8 heteroatoms. The maximum Gasteiger partial charge on any atom is 0.417 e. The summed E-state index contributed by atoms with van der Waals surface area (Å²) in [6.07, 6.45) is -4.61. The molecular formula is C19H19F3N3OS+. The third-order valence-electron chi connectivity index (χ3n) is 4.37. The van der Waals surface area contributed by atoms with E-state index in [0.29, 0.717) is 24.5 Å². The number of rotatable bonds is 5. The van der Waals surface area contributed by atoms with Crippen molar-refractivity contribution >= 4 is 11.8 Å². The molecular weight excluding hydrogens is 375 g/mol. The Morgan fingerprint density at radius 3 is 2.52 bits per heavy atom. The van der Waals surface area contributed by atoms with E-state index in [4.69, 9.17) is 4.74 Å². The zero-order chi connectivity index (χ0) is 19.3. The molecule has 1 fully saturated rings. The van der Waals surface area contributed by atoms with Gasteiger partial charge in [-0.05, 0) is 6.07 Å². The van der Waals surface area contributed by atoms with Crippen molar-refractivity contribution in [1.29, 1.82) is 5.26 Å². The molecule has 1 aliphatic rings. The minimum absolute atomic E-state index is 0.138. The van der Waals surface area contributed by atoms with E-state index in [1.807, 2.05) is 0 Å². The number of nitrogens with zero attached hydrogens (tertiary/aromatic N) is 2. The first kappa shape index (κ1) is 19.7. The summed E-state index contributed by atoms with van der Waals surface area (Å²) in [5.41, 5.74) is -0.513. The molecule has 0 saturated carbocycles. The monoisotopic (exact) mass is 394 g/mol. The third-order valence-corrected chi connectivity index (χ3v) is 5.34. The van der Waals surface area contributed by atoms with Gasteiger partial charge in [0.2, 0.25) is 0 Å². The van der Waals surface area contributed by atoms with Crippen LogP contribution in [0.3, 0.4) is 0 Å². The lowest BCUT2D eigenvalue weighted by Gasteiger charge is -2.23. The van der Waals surface area contributed by atoms with E-state index < -0.39 is 17.3 Å². The number of alkyl halides is 3. The van der Waals surface area contributed by atoms with Crippen LogP contribution < -0.4 is 4.90 Å². The standard InChI is InChI=1S/C19H18F3N3OS/c20-19(21,22)16-12-17(14-4-2-1-3-5-14)24-18(15(16)13-23)27-11-8-25-6-9-26-10-7-25/h1-5,12H,6-11H2/p+1. The fraction of sp³-hybridized carbons (Fsp3) is 0.368. The molecule has 1 aromatic carbocycles. The smallest absolute Gasteiger partial charge is 0.370 e. The highest BCUT2D eigenvalue weighted by molar-refractivity contribution is 7.99. The van der Waals surface area contributed by atoms with Crippen LogP contribution in [0.2, 0.25) is 0 Å². The summed E-state index contributed by atoms with van der Waals surface area (Å²) in [6.45, 7) is 3.96. The number of nitriles is 1. The van der Waals surface area contributed by atoms with Gasteiger partial charge in [0.05, 0.1) is 36.6 Å². The number of nitrogens with one attached hydrogen (secondary N) is 1. The minimum atomic E-state index is -4.61.